The molecule has 4 rings (SSSR count). The smallest absolute Gasteiger partial charge is 0.333 e. The van der Waals surface area contributed by atoms with Crippen molar-refractivity contribution in [3.63, 3.8) is 0 Å². The van der Waals surface area contributed by atoms with Gasteiger partial charge in [-0.1, -0.05) is 36.4 Å². The molecule has 0 aliphatic carbocycles. The third-order valence-electron chi connectivity index (χ3n) is 6.40. The van der Waals surface area contributed by atoms with Crippen molar-refractivity contribution >= 4 is 17.6 Å². The minimum atomic E-state index is -0.537. The number of carbonyl (C=O) groups is 2. The maximum absolute atomic E-state index is 13.1. The Morgan fingerprint density at radius 3 is 2.92 bits per heavy atom. The zero-order valence-electron chi connectivity index (χ0n) is 15.2. The first-order valence-corrected chi connectivity index (χ1v) is 9.10. The van der Waals surface area contributed by atoms with Crippen LogP contribution in [0.15, 0.2) is 48.1 Å². The van der Waals surface area contributed by atoms with Crippen LogP contribution in [0.5, 0.6) is 0 Å². The molecule has 5 heteroatoms. The van der Waals surface area contributed by atoms with Crippen molar-refractivity contribution in [1.29, 1.82) is 0 Å². The Hall–Kier alpha value is -2.40. The summed E-state index contributed by atoms with van der Waals surface area (Å²) < 4.78 is 4.91. The van der Waals surface area contributed by atoms with Crippen LogP contribution in [0, 0.1) is 5.92 Å². The molecule has 3 atom stereocenters. The van der Waals surface area contributed by atoms with Crippen molar-refractivity contribution in [2.45, 2.75) is 31.2 Å². The molecule has 1 spiro atoms. The van der Waals surface area contributed by atoms with Crippen LogP contribution in [0.3, 0.4) is 0 Å². The first-order valence-electron chi connectivity index (χ1n) is 9.10. The molecule has 1 aromatic rings. The predicted octanol–water partition coefficient (Wildman–Crippen LogP) is 2.65. The fourth-order valence-corrected chi connectivity index (χ4v) is 5.06. The van der Waals surface area contributed by atoms with Crippen LogP contribution in [0.25, 0.3) is 0 Å². The Morgan fingerprint density at radius 1 is 1.42 bits per heavy atom. The molecular weight excluding hydrogens is 328 g/mol. The van der Waals surface area contributed by atoms with E-state index in [0.717, 1.165) is 30.8 Å². The minimum Gasteiger partial charge on any atom is -0.466 e. The van der Waals surface area contributed by atoms with Crippen LogP contribution in [0.4, 0.5) is 5.69 Å². The van der Waals surface area contributed by atoms with E-state index >= 15 is 0 Å². The number of carbonyl (C=O) groups excluding carboxylic acids is 2. The number of hydrogen-bond acceptors (Lipinski definition) is 4. The van der Waals surface area contributed by atoms with Gasteiger partial charge in [0.2, 0.25) is 5.91 Å². The molecule has 3 aliphatic rings. The molecule has 1 N–H and O–H groups in total. The molecule has 3 aliphatic heterocycles. The van der Waals surface area contributed by atoms with Gasteiger partial charge in [-0.3, -0.25) is 9.69 Å². The summed E-state index contributed by atoms with van der Waals surface area (Å²) >= 11 is 0. The number of allylic oxidation sites excluding steroid dienone is 1. The van der Waals surface area contributed by atoms with Gasteiger partial charge in [0.25, 0.3) is 0 Å². The monoisotopic (exact) mass is 352 g/mol. The molecule has 0 saturated carbocycles. The predicted molar refractivity (Wildman–Crippen MR) is 99.7 cm³/mol. The number of methoxy groups -OCH3 is 1. The Morgan fingerprint density at radius 2 is 2.19 bits per heavy atom. The average Bonchev–Trinajstić information content (AvgIpc) is 3.18. The van der Waals surface area contributed by atoms with Gasteiger partial charge in [0.05, 0.1) is 12.5 Å². The topological polar surface area (TPSA) is 58.6 Å². The summed E-state index contributed by atoms with van der Waals surface area (Å²) in [6.45, 7) is 7.64. The summed E-state index contributed by atoms with van der Waals surface area (Å²) in [5.74, 6) is -0.368. The SMILES string of the molecule is C=C(C(=O)OC)[C@@H]1C[C@@H]2N(CC[C@@]23C(=O)Nc2ccccc23)C/C1=C\C. The normalized spacial score (nSPS) is 31.6. The van der Waals surface area contributed by atoms with E-state index < -0.39 is 5.41 Å². The molecule has 0 unspecified atom stereocenters. The Labute approximate surface area is 153 Å². The molecule has 0 aromatic heterocycles. The molecule has 0 bridgehead atoms. The van der Waals surface area contributed by atoms with Crippen LogP contribution in [0.2, 0.25) is 0 Å². The first kappa shape index (κ1) is 17.0. The molecule has 26 heavy (non-hydrogen) atoms. The van der Waals surface area contributed by atoms with E-state index in [0.29, 0.717) is 12.0 Å². The number of amides is 1. The van der Waals surface area contributed by atoms with Crippen LogP contribution in [-0.2, 0) is 19.7 Å². The molecule has 3 heterocycles. The van der Waals surface area contributed by atoms with Gasteiger partial charge in [-0.15, -0.1) is 0 Å². The zero-order valence-corrected chi connectivity index (χ0v) is 15.2. The zero-order chi connectivity index (χ0) is 18.5. The second-order valence-electron chi connectivity index (χ2n) is 7.38. The minimum absolute atomic E-state index is 0.0567. The lowest BCUT2D eigenvalue weighted by Crippen LogP contribution is -2.51. The first-order chi connectivity index (χ1) is 12.5. The van der Waals surface area contributed by atoms with Gasteiger partial charge in [-0.25, -0.2) is 4.79 Å². The fraction of sp³-hybridized carbons (Fsp3) is 0.429. The van der Waals surface area contributed by atoms with Crippen molar-refractivity contribution < 1.29 is 14.3 Å². The fourth-order valence-electron chi connectivity index (χ4n) is 5.06. The number of ether oxygens (including phenoxy) is 1. The molecule has 1 aromatic carbocycles. The second kappa shape index (κ2) is 6.09. The number of nitrogens with zero attached hydrogens (tertiary/aromatic N) is 1. The average molecular weight is 352 g/mol. The second-order valence-corrected chi connectivity index (χ2v) is 7.38. The molecule has 5 nitrogen and oxygen atoms in total. The van der Waals surface area contributed by atoms with Gasteiger partial charge in [-0.05, 0) is 31.4 Å². The van der Waals surface area contributed by atoms with E-state index in [2.05, 4.69) is 28.9 Å². The Bertz CT molecular complexity index is 828. The highest BCUT2D eigenvalue weighted by molar-refractivity contribution is 6.07. The van der Waals surface area contributed by atoms with Gasteiger partial charge in [0.15, 0.2) is 0 Å². The summed E-state index contributed by atoms with van der Waals surface area (Å²) in [5.41, 5.74) is 3.13. The van der Waals surface area contributed by atoms with Gasteiger partial charge in [-0.2, -0.15) is 0 Å². The third-order valence-corrected chi connectivity index (χ3v) is 6.40. The quantitative estimate of drug-likeness (QED) is 0.505. The van der Waals surface area contributed by atoms with Crippen molar-refractivity contribution in [3.8, 4) is 0 Å². The number of rotatable bonds is 2. The van der Waals surface area contributed by atoms with Gasteiger partial charge in [0.1, 0.15) is 0 Å². The van der Waals surface area contributed by atoms with E-state index in [9.17, 15) is 9.59 Å². The number of esters is 1. The maximum Gasteiger partial charge on any atom is 0.333 e. The van der Waals surface area contributed by atoms with E-state index in [4.69, 9.17) is 4.74 Å². The Balaban J connectivity index is 1.74. The van der Waals surface area contributed by atoms with E-state index in [1.807, 2.05) is 25.1 Å². The van der Waals surface area contributed by atoms with Crippen LogP contribution >= 0.6 is 0 Å². The van der Waals surface area contributed by atoms with Crippen molar-refractivity contribution in [3.05, 3.63) is 53.6 Å². The molecule has 0 radical (unpaired) electrons. The highest BCUT2D eigenvalue weighted by Crippen LogP contribution is 2.52. The van der Waals surface area contributed by atoms with Gasteiger partial charge < -0.3 is 10.1 Å². The largest absolute Gasteiger partial charge is 0.466 e. The van der Waals surface area contributed by atoms with Crippen molar-refractivity contribution in [2.75, 3.05) is 25.5 Å². The third kappa shape index (κ3) is 2.20. The van der Waals surface area contributed by atoms with Crippen LogP contribution < -0.4 is 5.32 Å². The summed E-state index contributed by atoms with van der Waals surface area (Å²) in [5, 5.41) is 3.07. The number of fused-ring (bicyclic) bond motifs is 4. The van der Waals surface area contributed by atoms with Crippen molar-refractivity contribution in [1.82, 2.24) is 4.90 Å². The lowest BCUT2D eigenvalue weighted by Gasteiger charge is -2.42. The number of benzene rings is 1. The number of hydrogen-bond donors (Lipinski definition) is 1. The van der Waals surface area contributed by atoms with Crippen LogP contribution in [-0.4, -0.2) is 43.0 Å². The highest BCUT2D eigenvalue weighted by atomic mass is 16.5. The molecule has 2 saturated heterocycles. The molecule has 136 valence electrons. The highest BCUT2D eigenvalue weighted by Gasteiger charge is 2.59. The Kier molecular flexibility index (Phi) is 3.99. The summed E-state index contributed by atoms with van der Waals surface area (Å²) in [7, 11) is 1.38. The van der Waals surface area contributed by atoms with Gasteiger partial charge in [0, 0.05) is 36.3 Å². The van der Waals surface area contributed by atoms with Crippen LogP contribution in [0.1, 0.15) is 25.3 Å². The maximum atomic E-state index is 13.1. The van der Waals surface area contributed by atoms with Crippen molar-refractivity contribution in [2.24, 2.45) is 5.92 Å². The number of anilines is 1. The summed E-state index contributed by atoms with van der Waals surface area (Å²) in [6.07, 6.45) is 3.58. The van der Waals surface area contributed by atoms with E-state index in [-0.39, 0.29) is 23.8 Å². The number of nitrogens with one attached hydrogen (secondary N) is 1. The summed E-state index contributed by atoms with van der Waals surface area (Å²) in [6, 6.07) is 8.03. The standard InChI is InChI=1S/C21H24N2O3/c1-4-14-12-23-10-9-21(16-7-5-6-8-17(16)22-20(21)25)18(23)11-15(14)13(2)19(24)26-3/h4-8,15,18H,2,9-12H2,1,3H3,(H,22,25)/b14-4+/t15-,18-,21-/m0/s1. The number of piperidine rings is 1. The molecular formula is C21H24N2O3. The lowest BCUT2D eigenvalue weighted by molar-refractivity contribution is -0.136. The lowest BCUT2D eigenvalue weighted by atomic mass is 9.69. The van der Waals surface area contributed by atoms with Gasteiger partial charge >= 0.3 is 5.97 Å². The molecule has 2 fully saturated rings. The number of para-hydroxylation sites is 1. The molecule has 1 amide bonds. The van der Waals surface area contributed by atoms with E-state index in [1.165, 1.54) is 12.7 Å². The summed E-state index contributed by atoms with van der Waals surface area (Å²) in [4.78, 5) is 27.5. The van der Waals surface area contributed by atoms with E-state index in [1.54, 1.807) is 0 Å².